The maximum Gasteiger partial charge on any atom is 0.416 e. The molecule has 0 radical (unpaired) electrons. The van der Waals surface area contributed by atoms with Gasteiger partial charge in [-0.15, -0.1) is 0 Å². The number of nitrogens with zero attached hydrogens (tertiary/aromatic N) is 3. The maximum atomic E-state index is 12.4. The van der Waals surface area contributed by atoms with Gasteiger partial charge in [-0.1, -0.05) is 0 Å². The molecule has 11 nitrogen and oxygen atoms in total. The molecule has 3 aliphatic rings. The molecule has 0 saturated carbocycles. The number of carbonyl (C=O) groups is 3. The van der Waals surface area contributed by atoms with Gasteiger partial charge in [0.15, 0.2) is 18.2 Å². The minimum absolute atomic E-state index is 0.0514. The highest BCUT2D eigenvalue weighted by Gasteiger charge is 2.35. The summed E-state index contributed by atoms with van der Waals surface area (Å²) in [5, 5.41) is 6.08. The van der Waals surface area contributed by atoms with Crippen LogP contribution in [-0.4, -0.2) is 78.5 Å². The van der Waals surface area contributed by atoms with E-state index in [-0.39, 0.29) is 30.8 Å². The highest BCUT2D eigenvalue weighted by atomic mass is 16.6. The Morgan fingerprint density at radius 2 is 2.03 bits per heavy atom. The van der Waals surface area contributed by atoms with E-state index in [0.29, 0.717) is 43.6 Å². The Kier molecular flexibility index (Phi) is 6.09. The predicted octanol–water partition coefficient (Wildman–Crippen LogP) is 1.73. The lowest BCUT2D eigenvalue weighted by atomic mass is 10.1. The van der Waals surface area contributed by atoms with Crippen molar-refractivity contribution in [1.29, 1.82) is 0 Å². The molecule has 3 amide bonds. The average molecular weight is 447 g/mol. The molecule has 0 unspecified atom stereocenters. The third-order valence-electron chi connectivity index (χ3n) is 5.39. The lowest BCUT2D eigenvalue weighted by molar-refractivity contribution is -0.118. The van der Waals surface area contributed by atoms with Crippen LogP contribution in [0.3, 0.4) is 0 Å². The molecule has 0 aliphatic carbocycles. The highest BCUT2D eigenvalue weighted by Crippen LogP contribution is 2.30. The van der Waals surface area contributed by atoms with Gasteiger partial charge in [0.1, 0.15) is 17.5 Å². The van der Waals surface area contributed by atoms with Gasteiger partial charge < -0.3 is 29.7 Å². The molecule has 32 heavy (non-hydrogen) atoms. The highest BCUT2D eigenvalue weighted by molar-refractivity contribution is 5.95. The number of rotatable bonds is 4. The van der Waals surface area contributed by atoms with E-state index >= 15 is 0 Å². The van der Waals surface area contributed by atoms with Gasteiger partial charge in [0.05, 0.1) is 6.54 Å². The number of piperidine rings is 1. The number of carbonyl (C=O) groups excluding carboxylic acids is 3. The van der Waals surface area contributed by atoms with E-state index in [0.717, 1.165) is 12.8 Å². The predicted molar refractivity (Wildman–Crippen MR) is 115 cm³/mol. The van der Waals surface area contributed by atoms with Crippen molar-refractivity contribution in [3.8, 4) is 5.75 Å². The number of pyridine rings is 1. The summed E-state index contributed by atoms with van der Waals surface area (Å²) in [7, 11) is 0. The molecule has 2 N–H and O–H groups in total. The summed E-state index contributed by atoms with van der Waals surface area (Å²) in [5.41, 5.74) is -0.504. The summed E-state index contributed by atoms with van der Waals surface area (Å²) in [6, 6.07) is 3.57. The molecule has 4 rings (SSSR count). The van der Waals surface area contributed by atoms with Gasteiger partial charge in [0, 0.05) is 25.7 Å². The van der Waals surface area contributed by atoms with Gasteiger partial charge in [0.2, 0.25) is 0 Å². The monoisotopic (exact) mass is 447 g/mol. The number of hydrogen-bond donors (Lipinski definition) is 2. The smallest absolute Gasteiger partial charge is 0.416 e. The fourth-order valence-electron chi connectivity index (χ4n) is 3.81. The minimum atomic E-state index is -0.504. The average Bonchev–Trinajstić information content (AvgIpc) is 3.11. The summed E-state index contributed by atoms with van der Waals surface area (Å²) in [5.74, 6) is 0.875. The number of anilines is 2. The molecule has 4 heterocycles. The lowest BCUT2D eigenvalue weighted by Gasteiger charge is -2.34. The van der Waals surface area contributed by atoms with Crippen LogP contribution in [-0.2, 0) is 14.3 Å². The first-order valence-electron chi connectivity index (χ1n) is 10.8. The number of nitrogens with one attached hydrogen (secondary N) is 2. The van der Waals surface area contributed by atoms with E-state index in [1.54, 1.807) is 17.0 Å². The molecule has 0 bridgehead atoms. The van der Waals surface area contributed by atoms with Crippen LogP contribution in [0.5, 0.6) is 5.75 Å². The Bertz CT molecular complexity index is 893. The normalized spacial score (nSPS) is 21.5. The first-order valence-corrected chi connectivity index (χ1v) is 10.8. The lowest BCUT2D eigenvalue weighted by Crippen LogP contribution is -2.48. The van der Waals surface area contributed by atoms with Gasteiger partial charge in [-0.05, 0) is 45.7 Å². The number of aromatic nitrogens is 1. The van der Waals surface area contributed by atoms with Crippen molar-refractivity contribution in [3.63, 3.8) is 0 Å². The first-order chi connectivity index (χ1) is 15.2. The van der Waals surface area contributed by atoms with Gasteiger partial charge in [-0.25, -0.2) is 14.6 Å². The Balaban J connectivity index is 1.25. The standard InChI is InChI=1S/C21H29N5O6/c1-21(2,3)32-19(28)25-8-6-13(7-9-25)22-10-14-11-26(20(29)31-14)16-5-4-15-18(23-16)24-17(27)12-30-15/h4-5,13-14,22H,6-12H2,1-3H3,(H,23,24,27)/t14-/m1/s1. The van der Waals surface area contributed by atoms with E-state index in [2.05, 4.69) is 15.6 Å². The second kappa shape index (κ2) is 8.81. The van der Waals surface area contributed by atoms with Crippen molar-refractivity contribution in [2.24, 2.45) is 0 Å². The Labute approximate surface area is 186 Å². The third kappa shape index (κ3) is 5.21. The van der Waals surface area contributed by atoms with E-state index < -0.39 is 11.7 Å². The fraction of sp³-hybridized carbons (Fsp3) is 0.619. The Hall–Kier alpha value is -3.08. The topological polar surface area (TPSA) is 122 Å². The van der Waals surface area contributed by atoms with Gasteiger partial charge >= 0.3 is 12.2 Å². The van der Waals surface area contributed by atoms with Crippen molar-refractivity contribution in [2.45, 2.75) is 51.4 Å². The zero-order valence-electron chi connectivity index (χ0n) is 18.6. The van der Waals surface area contributed by atoms with Crippen molar-refractivity contribution in [2.75, 3.05) is 43.0 Å². The van der Waals surface area contributed by atoms with Gasteiger partial charge in [0.25, 0.3) is 5.91 Å². The van der Waals surface area contributed by atoms with E-state index in [4.69, 9.17) is 14.2 Å². The fourth-order valence-corrected chi connectivity index (χ4v) is 3.81. The van der Waals surface area contributed by atoms with Crippen LogP contribution in [0.2, 0.25) is 0 Å². The van der Waals surface area contributed by atoms with Crippen LogP contribution in [0.1, 0.15) is 33.6 Å². The summed E-state index contributed by atoms with van der Waals surface area (Å²) >= 11 is 0. The third-order valence-corrected chi connectivity index (χ3v) is 5.39. The van der Waals surface area contributed by atoms with Crippen molar-refractivity contribution < 1.29 is 28.6 Å². The van der Waals surface area contributed by atoms with Crippen LogP contribution in [0.25, 0.3) is 0 Å². The van der Waals surface area contributed by atoms with Gasteiger partial charge in [-0.2, -0.15) is 0 Å². The van der Waals surface area contributed by atoms with Crippen molar-refractivity contribution >= 4 is 29.7 Å². The molecule has 174 valence electrons. The molecule has 1 aromatic heterocycles. The Morgan fingerprint density at radius 3 is 2.75 bits per heavy atom. The molecular formula is C21H29N5O6. The molecule has 1 aromatic rings. The molecule has 11 heteroatoms. The van der Waals surface area contributed by atoms with Crippen LogP contribution in [0.15, 0.2) is 12.1 Å². The van der Waals surface area contributed by atoms with Crippen LogP contribution in [0, 0.1) is 0 Å². The van der Waals surface area contributed by atoms with Gasteiger partial charge in [-0.3, -0.25) is 9.69 Å². The molecule has 0 aromatic carbocycles. The van der Waals surface area contributed by atoms with Crippen LogP contribution >= 0.6 is 0 Å². The summed E-state index contributed by atoms with van der Waals surface area (Å²) < 4.78 is 16.2. The van der Waals surface area contributed by atoms with Crippen LogP contribution < -0.4 is 20.3 Å². The summed E-state index contributed by atoms with van der Waals surface area (Å²) in [4.78, 5) is 43.6. The van der Waals surface area contributed by atoms with E-state index in [1.807, 2.05) is 20.8 Å². The quantitative estimate of drug-likeness (QED) is 0.716. The van der Waals surface area contributed by atoms with E-state index in [1.165, 1.54) is 4.90 Å². The largest absolute Gasteiger partial charge is 0.480 e. The molecular weight excluding hydrogens is 418 g/mol. The summed E-state index contributed by atoms with van der Waals surface area (Å²) in [6.07, 6.45) is 0.517. The SMILES string of the molecule is CC(C)(C)OC(=O)N1CCC(NC[C@@H]2CN(c3ccc4c(n3)NC(=O)CO4)C(=O)O2)CC1. The molecule has 2 fully saturated rings. The second-order valence-corrected chi connectivity index (χ2v) is 9.12. The number of cyclic esters (lactones) is 1. The zero-order chi connectivity index (χ0) is 22.9. The second-order valence-electron chi connectivity index (χ2n) is 9.12. The minimum Gasteiger partial charge on any atom is -0.480 e. The number of likely N-dealkylation sites (tertiary alicyclic amines) is 1. The molecule has 0 spiro atoms. The molecule has 2 saturated heterocycles. The van der Waals surface area contributed by atoms with Crippen molar-refractivity contribution in [1.82, 2.24) is 15.2 Å². The number of ether oxygens (including phenoxy) is 3. The number of amides is 3. The molecule has 1 atom stereocenters. The zero-order valence-corrected chi connectivity index (χ0v) is 18.6. The number of fused-ring (bicyclic) bond motifs is 1. The maximum absolute atomic E-state index is 12.4. The van der Waals surface area contributed by atoms with Crippen LogP contribution in [0.4, 0.5) is 21.2 Å². The van der Waals surface area contributed by atoms with E-state index in [9.17, 15) is 14.4 Å². The number of hydrogen-bond acceptors (Lipinski definition) is 8. The van der Waals surface area contributed by atoms with Crippen molar-refractivity contribution in [3.05, 3.63) is 12.1 Å². The summed E-state index contributed by atoms with van der Waals surface area (Å²) in [6.45, 7) is 7.61. The Morgan fingerprint density at radius 1 is 1.28 bits per heavy atom. The first kappa shape index (κ1) is 22.1. The molecule has 3 aliphatic heterocycles.